The van der Waals surface area contributed by atoms with Crippen molar-refractivity contribution in [2.24, 2.45) is 20.5 Å². The van der Waals surface area contributed by atoms with Crippen LogP contribution in [0.3, 0.4) is 0 Å². The summed E-state index contributed by atoms with van der Waals surface area (Å²) in [6.07, 6.45) is 2.82. The first-order valence-corrected chi connectivity index (χ1v) is 35.8. The first-order chi connectivity index (χ1) is 47.5. The van der Waals surface area contributed by atoms with E-state index in [1.54, 1.807) is 17.0 Å². The van der Waals surface area contributed by atoms with Crippen LogP contribution < -0.4 is 45.8 Å². The number of amides is 2. The van der Waals surface area contributed by atoms with Crippen LogP contribution in [0.5, 0.6) is 0 Å². The molecule has 32 nitrogen and oxygen atoms in total. The van der Waals surface area contributed by atoms with Gasteiger partial charge in [-0.2, -0.15) is 41.8 Å². The number of rotatable bonds is 31. The summed E-state index contributed by atoms with van der Waals surface area (Å²) in [6, 6.07) is 20.5. The second-order valence-corrected chi connectivity index (χ2v) is 26.7. The molecule has 2 amide bonds. The molecular formula is C63H74N18O14S4. The van der Waals surface area contributed by atoms with Crippen LogP contribution >= 0.6 is 22.7 Å². The molecular weight excluding hydrogens is 1360 g/mol. The number of benzene rings is 4. The molecule has 2 fully saturated rings. The molecule has 8 N–H and O–H groups in total. The third-order valence-corrected chi connectivity index (χ3v) is 18.8. The highest BCUT2D eigenvalue weighted by molar-refractivity contribution is 7.86. The van der Waals surface area contributed by atoms with E-state index in [2.05, 4.69) is 41.3 Å². The molecule has 0 atom stereocenters. The van der Waals surface area contributed by atoms with Gasteiger partial charge in [0.05, 0.1) is 81.7 Å². The van der Waals surface area contributed by atoms with Crippen molar-refractivity contribution in [2.45, 2.75) is 51.3 Å². The summed E-state index contributed by atoms with van der Waals surface area (Å²) in [6.45, 7) is 15.7. The van der Waals surface area contributed by atoms with Crippen LogP contribution in [0, 0.1) is 0 Å². The SMILES string of the molecule is CCN(CC)c1ccc(N=Nc2nc(N3CCOCC3)c(C=C(C(C)=O)C(=O)Nc3ccc(S(=O)(=O)O)cc3)s2)c(Nc2nc(Nc3cc(N(CC)CC)ccc3N=Nc3nc(N4CCOCC4)c(C=C(C(C)=O)C(=O)Nc4ccc(S(=O)(=O)O)cc4)s3)nc(N(CCO)CCO)n2)c1. The maximum absolute atomic E-state index is 13.7. The predicted molar refractivity (Wildman–Crippen MR) is 379 cm³/mol. The number of hydrogen-bond donors (Lipinski definition) is 8. The third kappa shape index (κ3) is 19.4. The fourth-order valence-corrected chi connectivity index (χ4v) is 12.9. The molecule has 7 aromatic rings. The number of Topliss-reactive ketones (excluding diaryl/α,β-unsaturated/α-hetero) is 2. The molecule has 5 heterocycles. The molecule has 99 heavy (non-hydrogen) atoms. The topological polar surface area (TPSA) is 414 Å². The smallest absolute Gasteiger partial charge is 0.294 e. The number of nitrogens with zero attached hydrogens (tertiary/aromatic N) is 14. The molecule has 4 aromatic carbocycles. The average molecular weight is 1440 g/mol. The molecule has 36 heteroatoms. The Kier molecular flexibility index (Phi) is 25.1. The lowest BCUT2D eigenvalue weighted by Crippen LogP contribution is -2.36. The van der Waals surface area contributed by atoms with Crippen LogP contribution in [0.1, 0.15) is 51.3 Å². The zero-order valence-corrected chi connectivity index (χ0v) is 58.1. The van der Waals surface area contributed by atoms with Crippen molar-refractivity contribution in [3.05, 3.63) is 106 Å². The number of aliphatic hydroxyl groups excluding tert-OH is 2. The molecule has 9 rings (SSSR count). The highest BCUT2D eigenvalue weighted by Crippen LogP contribution is 2.41. The van der Waals surface area contributed by atoms with Gasteiger partial charge in [-0.1, -0.05) is 22.7 Å². The molecule has 0 saturated carbocycles. The Hall–Kier alpha value is -9.63. The number of thiazole rings is 2. The standard InChI is InChI=1S/C63H74N18O14S4/c1-7-77(8-2)43-15-21-49(73-75-62-68-55(79-25-31-94-32-26-79)53(96-62)37-47(39(5)84)57(86)64-41-11-17-45(18-12-41)98(88,89)90)51(35-43)66-59-70-60(72-61(71-59)81(23-29-82)24-30-83)67-52-36-44(78(9-3)10-4)16-22-50(52)74-76-63-69-56(80-27-33-95-34-28-80)54(97-63)38-48(40(6)85)58(87)65-42-13-19-46(20-14-42)99(91,92)93/h11-22,35-38,82-83H,7-10,23-34H2,1-6H3,(H,64,86)(H,65,87)(H,88,89,90)(H,91,92,93)(H2,66,67,70,71,72). The molecule has 3 aromatic heterocycles. The minimum Gasteiger partial charge on any atom is -0.395 e. The number of nitrogens with one attached hydrogen (secondary N) is 4. The van der Waals surface area contributed by atoms with Crippen molar-refractivity contribution < 1.29 is 64.8 Å². The van der Waals surface area contributed by atoms with Gasteiger partial charge in [-0.3, -0.25) is 28.3 Å². The molecule has 0 unspecified atom stereocenters. The van der Waals surface area contributed by atoms with Crippen LogP contribution in [-0.2, 0) is 48.9 Å². The van der Waals surface area contributed by atoms with E-state index in [1.807, 2.05) is 61.8 Å². The average Bonchev–Trinajstić information content (AvgIpc) is 1.74. The van der Waals surface area contributed by atoms with Crippen LogP contribution in [0.25, 0.3) is 12.2 Å². The summed E-state index contributed by atoms with van der Waals surface area (Å²) >= 11 is 2.13. The van der Waals surface area contributed by atoms with Gasteiger partial charge in [-0.15, -0.1) is 20.5 Å². The number of aromatic nitrogens is 5. The third-order valence-electron chi connectivity index (χ3n) is 15.3. The zero-order chi connectivity index (χ0) is 71.0. The summed E-state index contributed by atoms with van der Waals surface area (Å²) in [4.78, 5) is 87.8. The van der Waals surface area contributed by atoms with E-state index < -0.39 is 43.6 Å². The maximum atomic E-state index is 13.7. The molecule has 2 aliphatic heterocycles. The second-order valence-electron chi connectivity index (χ2n) is 21.8. The van der Waals surface area contributed by atoms with Crippen molar-refractivity contribution in [1.29, 1.82) is 0 Å². The summed E-state index contributed by atoms with van der Waals surface area (Å²) in [5, 5.41) is 51.4. The van der Waals surface area contributed by atoms with Crippen molar-refractivity contribution in [3.63, 3.8) is 0 Å². The van der Waals surface area contributed by atoms with Crippen LogP contribution in [0.2, 0.25) is 0 Å². The largest absolute Gasteiger partial charge is 0.395 e. The summed E-state index contributed by atoms with van der Waals surface area (Å²) in [5.41, 5.74) is 2.80. The van der Waals surface area contributed by atoms with Gasteiger partial charge in [-0.05, 0) is 139 Å². The molecule has 524 valence electrons. The second kappa shape index (κ2) is 33.8. The number of carbonyl (C=O) groups excluding carboxylic acids is 4. The number of ether oxygens (including phenoxy) is 2. The first-order valence-electron chi connectivity index (χ1n) is 31.3. The normalized spacial score (nSPS) is 14.0. The van der Waals surface area contributed by atoms with Gasteiger partial charge in [0.25, 0.3) is 32.1 Å². The Labute approximate surface area is 578 Å². The quantitative estimate of drug-likeness (QED) is 0.00660. The minimum atomic E-state index is -4.50. The first kappa shape index (κ1) is 73.6. The van der Waals surface area contributed by atoms with E-state index in [0.717, 1.165) is 58.3 Å². The Bertz CT molecular complexity index is 4140. The fourth-order valence-electron chi connectivity index (χ4n) is 10.2. The van der Waals surface area contributed by atoms with Gasteiger partial charge in [0.2, 0.25) is 28.1 Å². The molecule has 0 aliphatic carbocycles. The Balaban J connectivity index is 1.08. The highest BCUT2D eigenvalue weighted by Gasteiger charge is 2.27. The van der Waals surface area contributed by atoms with Crippen molar-refractivity contribution in [1.82, 2.24) is 24.9 Å². The number of azo groups is 2. The summed E-state index contributed by atoms with van der Waals surface area (Å²) in [5.74, 6) is -1.85. The van der Waals surface area contributed by atoms with Gasteiger partial charge < -0.3 is 65.5 Å². The lowest BCUT2D eigenvalue weighted by Gasteiger charge is -2.27. The summed E-state index contributed by atoms with van der Waals surface area (Å²) in [7, 11) is -9.01. The van der Waals surface area contributed by atoms with Gasteiger partial charge in [0.15, 0.2) is 11.6 Å². The predicted octanol–water partition coefficient (Wildman–Crippen LogP) is 8.97. The number of carbonyl (C=O) groups is 4. The molecule has 2 aliphatic rings. The Morgan fingerprint density at radius 3 is 1.24 bits per heavy atom. The van der Waals surface area contributed by atoms with Crippen molar-refractivity contribution in [3.8, 4) is 0 Å². The van der Waals surface area contributed by atoms with E-state index in [4.69, 9.17) is 44.6 Å². The summed E-state index contributed by atoms with van der Waals surface area (Å²) < 4.78 is 76.8. The lowest BCUT2D eigenvalue weighted by molar-refractivity contribution is -0.120. The van der Waals surface area contributed by atoms with Crippen molar-refractivity contribution in [2.75, 3.05) is 151 Å². The van der Waals surface area contributed by atoms with Crippen molar-refractivity contribution >= 4 is 164 Å². The van der Waals surface area contributed by atoms with E-state index in [9.17, 15) is 55.3 Å². The monoisotopic (exact) mass is 1430 g/mol. The van der Waals surface area contributed by atoms with Gasteiger partial charge in [0, 0.05) is 88.2 Å². The number of ketones is 2. The number of morpholine rings is 2. The van der Waals surface area contributed by atoms with Gasteiger partial charge in [0.1, 0.15) is 23.0 Å². The van der Waals surface area contributed by atoms with Gasteiger partial charge in [-0.25, -0.2) is 0 Å². The van der Waals surface area contributed by atoms with Crippen LogP contribution in [0.15, 0.2) is 126 Å². The maximum Gasteiger partial charge on any atom is 0.294 e. The highest BCUT2D eigenvalue weighted by atomic mass is 32.2. The number of anilines is 11. The molecule has 0 spiro atoms. The molecule has 0 radical (unpaired) electrons. The van der Waals surface area contributed by atoms with E-state index in [1.165, 1.54) is 50.3 Å². The number of aliphatic hydroxyl groups is 2. The number of hydrogen-bond acceptors (Lipinski definition) is 30. The zero-order valence-electron chi connectivity index (χ0n) is 54.8. The minimum absolute atomic E-state index is 0.00651. The lowest BCUT2D eigenvalue weighted by atomic mass is 10.1. The fraction of sp³-hybridized carbons (Fsp3) is 0.349. The Morgan fingerprint density at radius 1 is 0.535 bits per heavy atom. The van der Waals surface area contributed by atoms with E-state index >= 15 is 0 Å². The van der Waals surface area contributed by atoms with Gasteiger partial charge >= 0.3 is 0 Å². The Morgan fingerprint density at radius 2 is 0.909 bits per heavy atom. The van der Waals surface area contributed by atoms with Crippen LogP contribution in [0.4, 0.5) is 85.2 Å². The molecule has 0 bridgehead atoms. The molecule has 2 saturated heterocycles. The van der Waals surface area contributed by atoms with E-state index in [-0.39, 0.29) is 86.7 Å². The van der Waals surface area contributed by atoms with Crippen LogP contribution in [-0.4, -0.2) is 190 Å². The van der Waals surface area contributed by atoms with E-state index in [0.29, 0.717) is 123 Å².